The molecule has 0 spiro atoms. The number of amides is 1. The van der Waals surface area contributed by atoms with Gasteiger partial charge in [-0.15, -0.1) is 0 Å². The second kappa shape index (κ2) is 9.11. The largest absolute Gasteiger partial charge is 0.416 e. The van der Waals surface area contributed by atoms with E-state index in [0.717, 1.165) is 18.2 Å². The van der Waals surface area contributed by atoms with Gasteiger partial charge in [-0.1, -0.05) is 29.8 Å². The lowest BCUT2D eigenvalue weighted by Crippen LogP contribution is -2.47. The van der Waals surface area contributed by atoms with E-state index in [1.165, 1.54) is 29.2 Å². The van der Waals surface area contributed by atoms with Crippen molar-refractivity contribution in [1.29, 1.82) is 0 Å². The molecule has 1 saturated heterocycles. The monoisotopic (exact) mass is 431 g/mol. The van der Waals surface area contributed by atoms with Crippen molar-refractivity contribution in [3.63, 3.8) is 0 Å². The van der Waals surface area contributed by atoms with Crippen LogP contribution in [-0.2, 0) is 22.3 Å². The van der Waals surface area contributed by atoms with Crippen molar-refractivity contribution < 1.29 is 31.8 Å². The predicted octanol–water partition coefficient (Wildman–Crippen LogP) is 4.56. The van der Waals surface area contributed by atoms with Crippen LogP contribution in [0.4, 0.5) is 17.6 Å². The van der Waals surface area contributed by atoms with E-state index in [1.807, 2.05) is 0 Å². The topological polar surface area (TPSA) is 38.8 Å². The molecule has 29 heavy (non-hydrogen) atoms. The van der Waals surface area contributed by atoms with Crippen molar-refractivity contribution in [2.45, 2.75) is 18.9 Å². The summed E-state index contributed by atoms with van der Waals surface area (Å²) in [6.07, 6.45) is -4.90. The number of halogens is 5. The van der Waals surface area contributed by atoms with Gasteiger partial charge in [-0.05, 0) is 29.8 Å². The minimum absolute atomic E-state index is 0.0267. The van der Waals surface area contributed by atoms with E-state index in [-0.39, 0.29) is 43.5 Å². The Bertz CT molecular complexity index is 855. The molecule has 0 aliphatic carbocycles. The standard InChI is InChI=1S/C20H18ClF4NO3/c21-16-5-2-6-17(22)18(16)19(27)26-7-8-29-15(10-26)12-28-11-13-3-1-4-14(9-13)20(23,24)25/h1-6,9,15H,7-8,10-12H2. The van der Waals surface area contributed by atoms with Crippen LogP contribution in [0.5, 0.6) is 0 Å². The molecule has 1 aliphatic heterocycles. The molecule has 1 aliphatic rings. The highest BCUT2D eigenvalue weighted by Gasteiger charge is 2.31. The highest BCUT2D eigenvalue weighted by Crippen LogP contribution is 2.29. The second-order valence-electron chi connectivity index (χ2n) is 6.55. The molecule has 2 aromatic rings. The van der Waals surface area contributed by atoms with Gasteiger partial charge in [-0.25, -0.2) is 4.39 Å². The van der Waals surface area contributed by atoms with Gasteiger partial charge in [-0.2, -0.15) is 13.2 Å². The number of benzene rings is 2. The van der Waals surface area contributed by atoms with Crippen molar-refractivity contribution in [3.8, 4) is 0 Å². The summed E-state index contributed by atoms with van der Waals surface area (Å²) in [7, 11) is 0. The van der Waals surface area contributed by atoms with Gasteiger partial charge in [0.15, 0.2) is 0 Å². The molecular formula is C20H18ClF4NO3. The normalized spacial score (nSPS) is 17.4. The minimum atomic E-state index is -4.42. The zero-order valence-corrected chi connectivity index (χ0v) is 16.0. The molecule has 4 nitrogen and oxygen atoms in total. The van der Waals surface area contributed by atoms with E-state index < -0.39 is 29.6 Å². The zero-order chi connectivity index (χ0) is 21.0. The molecule has 0 saturated carbocycles. The molecule has 1 heterocycles. The first kappa shape index (κ1) is 21.5. The fourth-order valence-corrected chi connectivity index (χ4v) is 3.25. The van der Waals surface area contributed by atoms with E-state index in [2.05, 4.69) is 0 Å². The number of alkyl halides is 3. The lowest BCUT2D eigenvalue weighted by molar-refractivity contribution is -0.137. The van der Waals surface area contributed by atoms with Gasteiger partial charge in [0.05, 0.1) is 42.1 Å². The van der Waals surface area contributed by atoms with Crippen molar-refractivity contribution in [1.82, 2.24) is 4.90 Å². The SMILES string of the molecule is O=C(c1c(F)cccc1Cl)N1CCOC(COCc2cccc(C(F)(F)F)c2)C1. The molecule has 1 amide bonds. The van der Waals surface area contributed by atoms with Crippen molar-refractivity contribution >= 4 is 17.5 Å². The van der Waals surface area contributed by atoms with E-state index in [0.29, 0.717) is 5.56 Å². The summed E-state index contributed by atoms with van der Waals surface area (Å²) in [6.45, 7) is 0.705. The Kier molecular flexibility index (Phi) is 6.77. The first-order valence-corrected chi connectivity index (χ1v) is 9.22. The first-order valence-electron chi connectivity index (χ1n) is 8.84. The van der Waals surface area contributed by atoms with Crippen LogP contribution >= 0.6 is 11.6 Å². The Morgan fingerprint density at radius 2 is 2.00 bits per heavy atom. The third kappa shape index (κ3) is 5.46. The number of hydrogen-bond donors (Lipinski definition) is 0. The van der Waals surface area contributed by atoms with Gasteiger partial charge < -0.3 is 14.4 Å². The highest BCUT2D eigenvalue weighted by atomic mass is 35.5. The molecule has 1 atom stereocenters. The fourth-order valence-electron chi connectivity index (χ4n) is 3.01. The maximum atomic E-state index is 14.0. The zero-order valence-electron chi connectivity index (χ0n) is 15.2. The quantitative estimate of drug-likeness (QED) is 0.652. The van der Waals surface area contributed by atoms with Crippen LogP contribution in [0.2, 0.25) is 5.02 Å². The third-order valence-electron chi connectivity index (χ3n) is 4.43. The average Bonchev–Trinajstić information content (AvgIpc) is 2.67. The number of ether oxygens (including phenoxy) is 2. The summed E-state index contributed by atoms with van der Waals surface area (Å²) in [5.41, 5.74) is -0.563. The third-order valence-corrected chi connectivity index (χ3v) is 4.74. The smallest absolute Gasteiger partial charge is 0.374 e. The van der Waals surface area contributed by atoms with Gasteiger partial charge in [0.1, 0.15) is 5.82 Å². The van der Waals surface area contributed by atoms with Crippen LogP contribution in [-0.4, -0.2) is 43.2 Å². The summed E-state index contributed by atoms with van der Waals surface area (Å²) in [6, 6.07) is 8.88. The molecule has 2 aromatic carbocycles. The molecule has 0 radical (unpaired) electrons. The molecule has 1 fully saturated rings. The van der Waals surface area contributed by atoms with Crippen molar-refractivity contribution in [2.75, 3.05) is 26.3 Å². The fraction of sp³-hybridized carbons (Fsp3) is 0.350. The Morgan fingerprint density at radius 3 is 2.72 bits per heavy atom. The summed E-state index contributed by atoms with van der Waals surface area (Å²) in [5.74, 6) is -1.24. The average molecular weight is 432 g/mol. The number of carbonyl (C=O) groups excluding carboxylic acids is 1. The van der Waals surface area contributed by atoms with Crippen LogP contribution in [0, 0.1) is 5.82 Å². The summed E-state index contributed by atoms with van der Waals surface area (Å²) < 4.78 is 63.3. The van der Waals surface area contributed by atoms with Crippen LogP contribution in [0.3, 0.4) is 0 Å². The Labute approximate surface area is 170 Å². The summed E-state index contributed by atoms with van der Waals surface area (Å²) in [5, 5.41) is 0.0267. The number of hydrogen-bond acceptors (Lipinski definition) is 3. The van der Waals surface area contributed by atoms with E-state index in [1.54, 1.807) is 0 Å². The highest BCUT2D eigenvalue weighted by molar-refractivity contribution is 6.33. The number of carbonyl (C=O) groups is 1. The molecule has 0 bridgehead atoms. The molecule has 3 rings (SSSR count). The van der Waals surface area contributed by atoms with Crippen LogP contribution in [0.15, 0.2) is 42.5 Å². The first-order chi connectivity index (χ1) is 13.8. The van der Waals surface area contributed by atoms with E-state index in [9.17, 15) is 22.4 Å². The number of rotatable bonds is 5. The van der Waals surface area contributed by atoms with Gasteiger partial charge in [0, 0.05) is 13.1 Å². The van der Waals surface area contributed by atoms with Gasteiger partial charge >= 0.3 is 6.18 Å². The number of nitrogens with zero attached hydrogens (tertiary/aromatic N) is 1. The molecule has 9 heteroatoms. The van der Waals surface area contributed by atoms with Gasteiger partial charge in [0.25, 0.3) is 5.91 Å². The Hall–Kier alpha value is -2.16. The molecule has 0 aromatic heterocycles. The lowest BCUT2D eigenvalue weighted by Gasteiger charge is -2.33. The van der Waals surface area contributed by atoms with Gasteiger partial charge in [-0.3, -0.25) is 4.79 Å². The van der Waals surface area contributed by atoms with Crippen LogP contribution in [0.1, 0.15) is 21.5 Å². The molecule has 156 valence electrons. The summed E-state index contributed by atoms with van der Waals surface area (Å²) in [4.78, 5) is 14.0. The van der Waals surface area contributed by atoms with Crippen LogP contribution in [0.25, 0.3) is 0 Å². The second-order valence-corrected chi connectivity index (χ2v) is 6.96. The van der Waals surface area contributed by atoms with E-state index in [4.69, 9.17) is 21.1 Å². The van der Waals surface area contributed by atoms with Crippen molar-refractivity contribution in [3.05, 3.63) is 70.0 Å². The van der Waals surface area contributed by atoms with Gasteiger partial charge in [0.2, 0.25) is 0 Å². The molecular weight excluding hydrogens is 414 g/mol. The molecule has 0 N–H and O–H groups in total. The maximum Gasteiger partial charge on any atom is 0.416 e. The summed E-state index contributed by atoms with van der Waals surface area (Å²) >= 11 is 5.95. The lowest BCUT2D eigenvalue weighted by atomic mass is 10.1. The Morgan fingerprint density at radius 1 is 1.24 bits per heavy atom. The maximum absolute atomic E-state index is 14.0. The minimum Gasteiger partial charge on any atom is -0.374 e. The number of morpholine rings is 1. The Balaban J connectivity index is 1.56. The van der Waals surface area contributed by atoms with E-state index >= 15 is 0 Å². The molecule has 1 unspecified atom stereocenters. The van der Waals surface area contributed by atoms with Crippen molar-refractivity contribution in [2.24, 2.45) is 0 Å². The van der Waals surface area contributed by atoms with Crippen LogP contribution < -0.4 is 0 Å². The predicted molar refractivity (Wildman–Crippen MR) is 98.2 cm³/mol.